The number of halogens is 6. The Balaban J connectivity index is 2.13. The highest BCUT2D eigenvalue weighted by Gasteiger charge is 2.37. The first-order valence-electron chi connectivity index (χ1n) is 11.7. The smallest absolute Gasteiger partial charge is 0.352 e. The summed E-state index contributed by atoms with van der Waals surface area (Å²) in [5.41, 5.74) is -1.92. The summed E-state index contributed by atoms with van der Waals surface area (Å²) in [5.74, 6) is -0.125. The van der Waals surface area contributed by atoms with Crippen LogP contribution in [0.2, 0.25) is 0 Å². The van der Waals surface area contributed by atoms with E-state index in [-0.39, 0.29) is 34.7 Å². The molecular weight excluding hydrogens is 458 g/mol. The zero-order valence-corrected chi connectivity index (χ0v) is 19.4. The number of carbonyl (C=O) groups is 1. The molecule has 34 heavy (non-hydrogen) atoms. The molecule has 3 nitrogen and oxygen atoms in total. The number of amides is 1. The van der Waals surface area contributed by atoms with Crippen molar-refractivity contribution in [3.05, 3.63) is 46.6 Å². The van der Waals surface area contributed by atoms with E-state index in [0.717, 1.165) is 57.1 Å². The van der Waals surface area contributed by atoms with Crippen molar-refractivity contribution in [1.82, 2.24) is 9.88 Å². The molecule has 188 valence electrons. The Kier molecular flexibility index (Phi) is 8.03. The van der Waals surface area contributed by atoms with E-state index >= 15 is 0 Å². The molecule has 1 aromatic carbocycles. The summed E-state index contributed by atoms with van der Waals surface area (Å²) < 4.78 is 82.6. The molecule has 0 spiro atoms. The van der Waals surface area contributed by atoms with Gasteiger partial charge in [-0.25, -0.2) is 0 Å². The predicted molar refractivity (Wildman–Crippen MR) is 118 cm³/mol. The van der Waals surface area contributed by atoms with Gasteiger partial charge in [-0.2, -0.15) is 26.3 Å². The van der Waals surface area contributed by atoms with E-state index in [2.05, 4.69) is 5.32 Å². The Bertz CT molecular complexity index is 968. The van der Waals surface area contributed by atoms with Gasteiger partial charge in [0.1, 0.15) is 0 Å². The van der Waals surface area contributed by atoms with Crippen molar-refractivity contribution >= 4 is 5.91 Å². The largest absolute Gasteiger partial charge is 0.416 e. The minimum Gasteiger partial charge on any atom is -0.352 e. The Hall–Kier alpha value is -2.45. The number of unbranched alkanes of at least 4 members (excludes halogenated alkanes) is 1. The van der Waals surface area contributed by atoms with Crippen LogP contribution in [0.3, 0.4) is 0 Å². The minimum absolute atomic E-state index is 0.128. The van der Waals surface area contributed by atoms with E-state index in [0.29, 0.717) is 18.8 Å². The third-order valence-electron chi connectivity index (χ3n) is 6.48. The summed E-state index contributed by atoms with van der Waals surface area (Å²) >= 11 is 0. The standard InChI is InChI=1S/C25H30F6N2O/c1-3-4-10-32-23(34)21-14-22(33(16(21)2)15-17-8-6-5-7-9-17)18-11-19(24(26,27)28)13-20(12-18)25(29,30)31/h11-14,17H,3-10,15H2,1-2H3,(H,32,34). The van der Waals surface area contributed by atoms with Gasteiger partial charge in [-0.15, -0.1) is 0 Å². The molecule has 1 aromatic heterocycles. The van der Waals surface area contributed by atoms with Gasteiger partial charge < -0.3 is 9.88 Å². The third-order valence-corrected chi connectivity index (χ3v) is 6.48. The molecule has 1 N–H and O–H groups in total. The number of nitrogens with one attached hydrogen (secondary N) is 1. The normalized spacial score (nSPS) is 15.5. The van der Waals surface area contributed by atoms with E-state index in [9.17, 15) is 31.1 Å². The Morgan fingerprint density at radius 1 is 0.971 bits per heavy atom. The molecule has 0 radical (unpaired) electrons. The minimum atomic E-state index is -4.94. The summed E-state index contributed by atoms with van der Waals surface area (Å²) in [5, 5.41) is 2.80. The van der Waals surface area contributed by atoms with Crippen LogP contribution >= 0.6 is 0 Å². The highest BCUT2D eigenvalue weighted by Crippen LogP contribution is 2.40. The second kappa shape index (κ2) is 10.4. The van der Waals surface area contributed by atoms with Gasteiger partial charge in [-0.1, -0.05) is 32.6 Å². The predicted octanol–water partition coefficient (Wildman–Crippen LogP) is 7.61. The molecule has 1 aliphatic rings. The summed E-state index contributed by atoms with van der Waals surface area (Å²) in [4.78, 5) is 12.8. The van der Waals surface area contributed by atoms with Crippen molar-refractivity contribution in [2.45, 2.75) is 77.7 Å². The SMILES string of the molecule is CCCCNC(=O)c1cc(-c2cc(C(F)(F)F)cc(C(F)(F)F)c2)n(CC2CCCCC2)c1C. The summed E-state index contributed by atoms with van der Waals surface area (Å²) in [7, 11) is 0. The van der Waals surface area contributed by atoms with Crippen molar-refractivity contribution in [1.29, 1.82) is 0 Å². The van der Waals surface area contributed by atoms with Crippen LogP contribution < -0.4 is 5.32 Å². The van der Waals surface area contributed by atoms with E-state index in [1.807, 2.05) is 6.92 Å². The number of alkyl halides is 6. The van der Waals surface area contributed by atoms with Gasteiger partial charge in [0, 0.05) is 24.5 Å². The second-order valence-electron chi connectivity index (χ2n) is 9.05. The van der Waals surface area contributed by atoms with E-state index < -0.39 is 23.5 Å². The lowest BCUT2D eigenvalue weighted by atomic mass is 9.89. The van der Waals surface area contributed by atoms with Crippen molar-refractivity contribution in [3.63, 3.8) is 0 Å². The van der Waals surface area contributed by atoms with Crippen LogP contribution in [0.5, 0.6) is 0 Å². The zero-order chi connectivity index (χ0) is 25.1. The molecule has 0 saturated heterocycles. The summed E-state index contributed by atoms with van der Waals surface area (Å²) in [6.45, 7) is 4.56. The first-order valence-corrected chi connectivity index (χ1v) is 11.7. The maximum Gasteiger partial charge on any atom is 0.416 e. The number of rotatable bonds is 7. The van der Waals surface area contributed by atoms with Crippen LogP contribution in [0.15, 0.2) is 24.3 Å². The van der Waals surface area contributed by atoms with Gasteiger partial charge in [-0.3, -0.25) is 4.79 Å². The molecule has 1 aliphatic carbocycles. The number of hydrogen-bond acceptors (Lipinski definition) is 1. The lowest BCUT2D eigenvalue weighted by molar-refractivity contribution is -0.143. The van der Waals surface area contributed by atoms with Gasteiger partial charge >= 0.3 is 12.4 Å². The van der Waals surface area contributed by atoms with E-state index in [4.69, 9.17) is 0 Å². The average molecular weight is 489 g/mol. The molecular formula is C25H30F6N2O. The van der Waals surface area contributed by atoms with E-state index in [1.165, 1.54) is 6.07 Å². The van der Waals surface area contributed by atoms with Crippen molar-refractivity contribution in [2.75, 3.05) is 6.54 Å². The summed E-state index contributed by atoms with van der Waals surface area (Å²) in [6, 6.07) is 3.03. The Morgan fingerprint density at radius 3 is 2.09 bits per heavy atom. The molecule has 1 saturated carbocycles. The van der Waals surface area contributed by atoms with Crippen LogP contribution in [0.1, 0.15) is 79.0 Å². The average Bonchev–Trinajstić information content (AvgIpc) is 3.09. The Morgan fingerprint density at radius 2 is 1.56 bits per heavy atom. The molecule has 3 rings (SSSR count). The molecule has 0 bridgehead atoms. The first-order chi connectivity index (χ1) is 15.9. The van der Waals surface area contributed by atoms with E-state index in [1.54, 1.807) is 11.5 Å². The van der Waals surface area contributed by atoms with Crippen LogP contribution in [0.4, 0.5) is 26.3 Å². The fourth-order valence-electron chi connectivity index (χ4n) is 4.55. The van der Waals surface area contributed by atoms with Gasteiger partial charge in [0.2, 0.25) is 0 Å². The Labute approximate surface area is 195 Å². The molecule has 1 heterocycles. The molecule has 1 amide bonds. The van der Waals surface area contributed by atoms with Gasteiger partial charge in [0.25, 0.3) is 5.91 Å². The fraction of sp³-hybridized carbons (Fsp3) is 0.560. The van der Waals surface area contributed by atoms with Gasteiger partial charge in [0.05, 0.1) is 16.7 Å². The van der Waals surface area contributed by atoms with Crippen LogP contribution in [-0.2, 0) is 18.9 Å². The number of benzene rings is 1. The van der Waals surface area contributed by atoms with Crippen LogP contribution in [0.25, 0.3) is 11.3 Å². The lowest BCUT2D eigenvalue weighted by Crippen LogP contribution is -2.25. The van der Waals surface area contributed by atoms with Crippen molar-refractivity contribution in [3.8, 4) is 11.3 Å². The number of nitrogens with zero attached hydrogens (tertiary/aromatic N) is 1. The first kappa shape index (κ1) is 26.2. The molecule has 0 aliphatic heterocycles. The number of carbonyl (C=O) groups excluding carboxylic acids is 1. The molecule has 1 fully saturated rings. The van der Waals surface area contributed by atoms with Crippen molar-refractivity contribution < 1.29 is 31.1 Å². The monoisotopic (exact) mass is 488 g/mol. The topological polar surface area (TPSA) is 34.0 Å². The van der Waals surface area contributed by atoms with Crippen LogP contribution in [-0.4, -0.2) is 17.0 Å². The second-order valence-corrected chi connectivity index (χ2v) is 9.05. The van der Waals surface area contributed by atoms with Gasteiger partial charge in [0.15, 0.2) is 0 Å². The van der Waals surface area contributed by atoms with Gasteiger partial charge in [-0.05, 0) is 61.9 Å². The summed E-state index contributed by atoms with van der Waals surface area (Å²) in [6.07, 6.45) is -3.18. The third kappa shape index (κ3) is 6.16. The van der Waals surface area contributed by atoms with Crippen LogP contribution in [0, 0.1) is 12.8 Å². The maximum absolute atomic E-state index is 13.5. The molecule has 9 heteroatoms. The lowest BCUT2D eigenvalue weighted by Gasteiger charge is -2.24. The quantitative estimate of drug-likeness (QED) is 0.316. The number of hydrogen-bond donors (Lipinski definition) is 1. The molecule has 0 atom stereocenters. The number of aromatic nitrogens is 1. The molecule has 0 unspecified atom stereocenters. The maximum atomic E-state index is 13.5. The fourth-order valence-corrected chi connectivity index (χ4v) is 4.55. The van der Waals surface area contributed by atoms with Crippen molar-refractivity contribution in [2.24, 2.45) is 5.92 Å². The highest BCUT2D eigenvalue weighted by molar-refractivity contribution is 5.97. The highest BCUT2D eigenvalue weighted by atomic mass is 19.4. The molecule has 2 aromatic rings. The zero-order valence-electron chi connectivity index (χ0n) is 19.4.